The van der Waals surface area contributed by atoms with Gasteiger partial charge in [0.25, 0.3) is 5.91 Å². The Morgan fingerprint density at radius 2 is 2.00 bits per heavy atom. The lowest BCUT2D eigenvalue weighted by molar-refractivity contribution is 0.0785. The summed E-state index contributed by atoms with van der Waals surface area (Å²) in [4.78, 5) is 14.0. The molecule has 106 valence electrons. The standard InChI is InChI=1S/C17H15ClN2O/c1-12-5-3-8-15(16(12)18)17(21)20(2)11-14-7-4-6-13(9-14)10-19/h3-9H,11H2,1-2H3. The number of hydrogen-bond donors (Lipinski definition) is 0. The van der Waals surface area contributed by atoms with Crippen molar-refractivity contribution in [3.05, 3.63) is 69.7 Å². The fourth-order valence-electron chi connectivity index (χ4n) is 2.10. The molecule has 0 heterocycles. The van der Waals surface area contributed by atoms with E-state index in [-0.39, 0.29) is 5.91 Å². The van der Waals surface area contributed by atoms with E-state index < -0.39 is 0 Å². The number of carbonyl (C=O) groups excluding carboxylic acids is 1. The lowest BCUT2D eigenvalue weighted by Crippen LogP contribution is -2.26. The van der Waals surface area contributed by atoms with Gasteiger partial charge < -0.3 is 4.90 Å². The Labute approximate surface area is 129 Å². The summed E-state index contributed by atoms with van der Waals surface area (Å²) in [6.45, 7) is 2.30. The molecule has 0 aliphatic heterocycles. The minimum atomic E-state index is -0.133. The number of halogens is 1. The lowest BCUT2D eigenvalue weighted by atomic mass is 10.1. The van der Waals surface area contributed by atoms with E-state index in [0.717, 1.165) is 11.1 Å². The van der Waals surface area contributed by atoms with Crippen LogP contribution in [0.2, 0.25) is 5.02 Å². The smallest absolute Gasteiger partial charge is 0.255 e. The summed E-state index contributed by atoms with van der Waals surface area (Å²) in [5, 5.41) is 9.39. The number of carbonyl (C=O) groups is 1. The van der Waals surface area contributed by atoms with E-state index in [0.29, 0.717) is 22.7 Å². The van der Waals surface area contributed by atoms with Crippen LogP contribution >= 0.6 is 11.6 Å². The molecule has 2 rings (SSSR count). The van der Waals surface area contributed by atoms with E-state index in [4.69, 9.17) is 16.9 Å². The Bertz CT molecular complexity index is 719. The number of benzene rings is 2. The lowest BCUT2D eigenvalue weighted by Gasteiger charge is -2.18. The maximum Gasteiger partial charge on any atom is 0.255 e. The number of nitrogens with zero attached hydrogens (tertiary/aromatic N) is 2. The molecular weight excluding hydrogens is 284 g/mol. The van der Waals surface area contributed by atoms with Crippen LogP contribution in [-0.2, 0) is 6.54 Å². The molecule has 2 aromatic carbocycles. The molecule has 0 aliphatic carbocycles. The number of amides is 1. The molecule has 2 aromatic rings. The largest absolute Gasteiger partial charge is 0.337 e. The van der Waals surface area contributed by atoms with Crippen LogP contribution in [0, 0.1) is 18.3 Å². The topological polar surface area (TPSA) is 44.1 Å². The summed E-state index contributed by atoms with van der Waals surface area (Å²) in [6.07, 6.45) is 0. The molecule has 0 bridgehead atoms. The zero-order chi connectivity index (χ0) is 15.4. The average Bonchev–Trinajstić information content (AvgIpc) is 2.49. The second kappa shape index (κ2) is 6.43. The van der Waals surface area contributed by atoms with Gasteiger partial charge >= 0.3 is 0 Å². The van der Waals surface area contributed by atoms with Crippen LogP contribution in [0.15, 0.2) is 42.5 Å². The Hall–Kier alpha value is -2.31. The predicted molar refractivity (Wildman–Crippen MR) is 83.1 cm³/mol. The van der Waals surface area contributed by atoms with Crippen molar-refractivity contribution in [3.8, 4) is 6.07 Å². The van der Waals surface area contributed by atoms with Crippen molar-refractivity contribution in [1.29, 1.82) is 5.26 Å². The second-order valence-corrected chi connectivity index (χ2v) is 5.29. The number of rotatable bonds is 3. The van der Waals surface area contributed by atoms with Crippen molar-refractivity contribution in [1.82, 2.24) is 4.90 Å². The first-order valence-corrected chi connectivity index (χ1v) is 6.90. The third-order valence-electron chi connectivity index (χ3n) is 3.24. The van der Waals surface area contributed by atoms with Crippen LogP contribution in [0.5, 0.6) is 0 Å². The maximum atomic E-state index is 12.5. The van der Waals surface area contributed by atoms with Gasteiger partial charge in [-0.2, -0.15) is 5.26 Å². The van der Waals surface area contributed by atoms with Crippen LogP contribution < -0.4 is 0 Å². The molecular formula is C17H15ClN2O. The fourth-order valence-corrected chi connectivity index (χ4v) is 2.31. The summed E-state index contributed by atoms with van der Waals surface area (Å²) < 4.78 is 0. The van der Waals surface area contributed by atoms with Crippen molar-refractivity contribution in [2.75, 3.05) is 7.05 Å². The molecule has 0 aliphatic rings. The summed E-state index contributed by atoms with van der Waals surface area (Å²) in [5.41, 5.74) is 2.87. The summed E-state index contributed by atoms with van der Waals surface area (Å²) in [5.74, 6) is -0.133. The van der Waals surface area contributed by atoms with Crippen molar-refractivity contribution < 1.29 is 4.79 Å². The van der Waals surface area contributed by atoms with Crippen LogP contribution in [0.4, 0.5) is 0 Å². The molecule has 1 amide bonds. The highest BCUT2D eigenvalue weighted by Crippen LogP contribution is 2.22. The quantitative estimate of drug-likeness (QED) is 0.865. The van der Waals surface area contributed by atoms with E-state index >= 15 is 0 Å². The summed E-state index contributed by atoms with van der Waals surface area (Å²) >= 11 is 6.19. The van der Waals surface area contributed by atoms with Gasteiger partial charge in [0.15, 0.2) is 0 Å². The van der Waals surface area contributed by atoms with E-state index in [1.807, 2.05) is 31.2 Å². The van der Waals surface area contributed by atoms with Gasteiger partial charge in [0.1, 0.15) is 0 Å². The first kappa shape index (κ1) is 15.1. The zero-order valence-electron chi connectivity index (χ0n) is 11.9. The van der Waals surface area contributed by atoms with Crippen molar-refractivity contribution in [2.45, 2.75) is 13.5 Å². The normalized spacial score (nSPS) is 10.0. The van der Waals surface area contributed by atoms with E-state index in [2.05, 4.69) is 6.07 Å². The second-order valence-electron chi connectivity index (χ2n) is 4.91. The summed E-state index contributed by atoms with van der Waals surface area (Å²) in [7, 11) is 1.72. The third kappa shape index (κ3) is 3.42. The van der Waals surface area contributed by atoms with Crippen LogP contribution in [-0.4, -0.2) is 17.9 Å². The molecule has 0 unspecified atom stereocenters. The van der Waals surface area contributed by atoms with Gasteiger partial charge in [0, 0.05) is 13.6 Å². The van der Waals surface area contributed by atoms with Crippen LogP contribution in [0.25, 0.3) is 0 Å². The van der Waals surface area contributed by atoms with Gasteiger partial charge in [-0.1, -0.05) is 35.9 Å². The molecule has 21 heavy (non-hydrogen) atoms. The molecule has 0 saturated carbocycles. The zero-order valence-corrected chi connectivity index (χ0v) is 12.7. The molecule has 0 radical (unpaired) electrons. The van der Waals surface area contributed by atoms with Gasteiger partial charge in [-0.25, -0.2) is 0 Å². The van der Waals surface area contributed by atoms with Gasteiger partial charge in [-0.15, -0.1) is 0 Å². The Morgan fingerprint density at radius 3 is 2.71 bits per heavy atom. The molecule has 3 nitrogen and oxygen atoms in total. The van der Waals surface area contributed by atoms with E-state index in [9.17, 15) is 4.79 Å². The number of hydrogen-bond acceptors (Lipinski definition) is 2. The first-order chi connectivity index (χ1) is 10.0. The highest BCUT2D eigenvalue weighted by atomic mass is 35.5. The van der Waals surface area contributed by atoms with E-state index in [1.54, 1.807) is 30.1 Å². The van der Waals surface area contributed by atoms with Crippen molar-refractivity contribution in [2.24, 2.45) is 0 Å². The molecule has 0 aromatic heterocycles. The maximum absolute atomic E-state index is 12.5. The molecule has 0 fully saturated rings. The monoisotopic (exact) mass is 298 g/mol. The van der Waals surface area contributed by atoms with Gasteiger partial charge in [-0.05, 0) is 36.2 Å². The van der Waals surface area contributed by atoms with Crippen LogP contribution in [0.3, 0.4) is 0 Å². The van der Waals surface area contributed by atoms with Gasteiger partial charge in [-0.3, -0.25) is 4.79 Å². The summed E-state index contributed by atoms with van der Waals surface area (Å²) in [6, 6.07) is 14.7. The SMILES string of the molecule is Cc1cccc(C(=O)N(C)Cc2cccc(C#N)c2)c1Cl. The molecule has 4 heteroatoms. The highest BCUT2D eigenvalue weighted by Gasteiger charge is 2.16. The van der Waals surface area contributed by atoms with E-state index in [1.165, 1.54) is 0 Å². The number of nitriles is 1. The molecule has 0 atom stereocenters. The van der Waals surface area contributed by atoms with Crippen molar-refractivity contribution in [3.63, 3.8) is 0 Å². The average molecular weight is 299 g/mol. The van der Waals surface area contributed by atoms with Crippen molar-refractivity contribution >= 4 is 17.5 Å². The minimum Gasteiger partial charge on any atom is -0.337 e. The van der Waals surface area contributed by atoms with Gasteiger partial charge in [0.2, 0.25) is 0 Å². The molecule has 0 saturated heterocycles. The third-order valence-corrected chi connectivity index (χ3v) is 3.75. The predicted octanol–water partition coefficient (Wildman–Crippen LogP) is 3.79. The van der Waals surface area contributed by atoms with Gasteiger partial charge in [0.05, 0.1) is 22.2 Å². The Balaban J connectivity index is 2.20. The number of aryl methyl sites for hydroxylation is 1. The first-order valence-electron chi connectivity index (χ1n) is 6.52. The fraction of sp³-hybridized carbons (Fsp3) is 0.176. The molecule has 0 spiro atoms. The molecule has 0 N–H and O–H groups in total. The highest BCUT2D eigenvalue weighted by molar-refractivity contribution is 6.34. The van der Waals surface area contributed by atoms with Crippen LogP contribution in [0.1, 0.15) is 27.0 Å². The Kier molecular flexibility index (Phi) is 4.62. The minimum absolute atomic E-state index is 0.133. The Morgan fingerprint density at radius 1 is 1.29 bits per heavy atom.